The maximum Gasteiger partial charge on any atom is 0.241 e. The molecule has 0 amide bonds. The lowest BCUT2D eigenvalue weighted by Gasteiger charge is -2.29. The van der Waals surface area contributed by atoms with Crippen LogP contribution in [-0.4, -0.2) is 21.6 Å². The van der Waals surface area contributed by atoms with Gasteiger partial charge in [0.2, 0.25) is 10.0 Å². The first-order valence-corrected chi connectivity index (χ1v) is 9.95. The van der Waals surface area contributed by atoms with Crippen molar-refractivity contribution in [3.63, 3.8) is 0 Å². The Hall–Kier alpha value is -1.07. The average molecular weight is 340 g/mol. The summed E-state index contributed by atoms with van der Waals surface area (Å²) < 4.78 is 34.1. The second-order valence-corrected chi connectivity index (χ2v) is 8.69. The van der Waals surface area contributed by atoms with Crippen LogP contribution < -0.4 is 9.46 Å². The van der Waals surface area contributed by atoms with Gasteiger partial charge in [0.05, 0.1) is 12.0 Å². The minimum absolute atomic E-state index is 0.0396. The zero-order chi connectivity index (χ0) is 17.2. The van der Waals surface area contributed by atoms with E-state index < -0.39 is 10.0 Å². The number of aryl methyl sites for hydroxylation is 1. The Balaban J connectivity index is 2.37. The Bertz CT molecular complexity index is 652. The van der Waals surface area contributed by atoms with Gasteiger partial charge in [0.25, 0.3) is 0 Å². The lowest BCUT2D eigenvalue weighted by molar-refractivity contribution is 0.310. The molecule has 130 valence electrons. The summed E-state index contributed by atoms with van der Waals surface area (Å²) in [5, 5.41) is 0. The molecule has 1 aromatic rings. The normalized spacial score (nSPS) is 22.3. The van der Waals surface area contributed by atoms with Crippen LogP contribution in [0.2, 0.25) is 0 Å². The standard InChI is InChI=1S/C18H29NO3S/c1-12(2)15-11-18(14(4)10-17(15)22-5)23(20,21)19-16-9-7-6-8-13(16)3/h10-13,16,19H,6-9H2,1-5H3. The van der Waals surface area contributed by atoms with Gasteiger partial charge in [-0.3, -0.25) is 0 Å². The number of hydrogen-bond donors (Lipinski definition) is 1. The molecule has 5 heteroatoms. The maximum absolute atomic E-state index is 12.9. The topological polar surface area (TPSA) is 55.4 Å². The van der Waals surface area contributed by atoms with E-state index >= 15 is 0 Å². The van der Waals surface area contributed by atoms with E-state index in [1.54, 1.807) is 13.2 Å². The first-order chi connectivity index (χ1) is 10.8. The van der Waals surface area contributed by atoms with Gasteiger partial charge in [-0.2, -0.15) is 0 Å². The van der Waals surface area contributed by atoms with Crippen molar-refractivity contribution in [3.05, 3.63) is 23.3 Å². The molecule has 23 heavy (non-hydrogen) atoms. The van der Waals surface area contributed by atoms with Crippen molar-refractivity contribution in [2.45, 2.75) is 70.2 Å². The monoisotopic (exact) mass is 339 g/mol. The third kappa shape index (κ3) is 4.07. The summed E-state index contributed by atoms with van der Waals surface area (Å²) >= 11 is 0. The highest BCUT2D eigenvalue weighted by molar-refractivity contribution is 7.89. The first-order valence-electron chi connectivity index (χ1n) is 8.47. The molecule has 1 aromatic carbocycles. The van der Waals surface area contributed by atoms with Crippen molar-refractivity contribution in [1.29, 1.82) is 0 Å². The molecule has 4 nitrogen and oxygen atoms in total. The maximum atomic E-state index is 12.9. The lowest BCUT2D eigenvalue weighted by atomic mass is 9.87. The van der Waals surface area contributed by atoms with Crippen molar-refractivity contribution < 1.29 is 13.2 Å². The smallest absolute Gasteiger partial charge is 0.241 e. The van der Waals surface area contributed by atoms with Crippen molar-refractivity contribution in [2.24, 2.45) is 5.92 Å². The summed E-state index contributed by atoms with van der Waals surface area (Å²) in [5.74, 6) is 1.34. The number of rotatable bonds is 5. The molecule has 1 aliphatic rings. The predicted octanol–water partition coefficient (Wildman–Crippen LogP) is 3.98. The molecule has 0 aromatic heterocycles. The number of sulfonamides is 1. The van der Waals surface area contributed by atoms with Gasteiger partial charge in [0.1, 0.15) is 5.75 Å². The van der Waals surface area contributed by atoms with E-state index in [0.717, 1.165) is 36.1 Å². The third-order valence-corrected chi connectivity index (χ3v) is 6.49. The molecule has 2 unspecified atom stereocenters. The van der Waals surface area contributed by atoms with Crippen LogP contribution >= 0.6 is 0 Å². The summed E-state index contributed by atoms with van der Waals surface area (Å²) in [5.41, 5.74) is 1.65. The molecule has 0 aliphatic heterocycles. The fourth-order valence-electron chi connectivity index (χ4n) is 3.35. The summed E-state index contributed by atoms with van der Waals surface area (Å²) in [7, 11) is -1.89. The molecule has 0 radical (unpaired) electrons. The zero-order valence-electron chi connectivity index (χ0n) is 14.8. The Morgan fingerprint density at radius 2 is 1.87 bits per heavy atom. The second-order valence-electron chi connectivity index (χ2n) is 7.00. The van der Waals surface area contributed by atoms with Crippen LogP contribution in [0.1, 0.15) is 63.5 Å². The molecular weight excluding hydrogens is 310 g/mol. The first kappa shape index (κ1) is 18.3. The van der Waals surface area contributed by atoms with Gasteiger partial charge in [-0.15, -0.1) is 0 Å². The Morgan fingerprint density at radius 1 is 1.22 bits per heavy atom. The van der Waals surface area contributed by atoms with Gasteiger partial charge >= 0.3 is 0 Å². The molecule has 2 atom stereocenters. The van der Waals surface area contributed by atoms with Crippen LogP contribution in [0.25, 0.3) is 0 Å². The van der Waals surface area contributed by atoms with Gasteiger partial charge in [-0.25, -0.2) is 13.1 Å². The summed E-state index contributed by atoms with van der Waals surface area (Å²) in [6.07, 6.45) is 4.30. The van der Waals surface area contributed by atoms with Crippen molar-refractivity contribution in [3.8, 4) is 5.75 Å². The van der Waals surface area contributed by atoms with Crippen molar-refractivity contribution in [1.82, 2.24) is 4.72 Å². The van der Waals surface area contributed by atoms with Crippen molar-refractivity contribution in [2.75, 3.05) is 7.11 Å². The van der Waals surface area contributed by atoms with Gasteiger partial charge in [-0.05, 0) is 54.9 Å². The molecule has 1 saturated carbocycles. The van der Waals surface area contributed by atoms with Crippen molar-refractivity contribution >= 4 is 10.0 Å². The van der Waals surface area contributed by atoms with E-state index in [1.807, 2.05) is 26.8 Å². The molecule has 0 bridgehead atoms. The van der Waals surface area contributed by atoms with E-state index in [4.69, 9.17) is 4.74 Å². The summed E-state index contributed by atoms with van der Waals surface area (Å²) in [6.45, 7) is 8.04. The zero-order valence-corrected chi connectivity index (χ0v) is 15.7. The molecule has 1 fully saturated rings. The molecule has 0 spiro atoms. The quantitative estimate of drug-likeness (QED) is 0.882. The van der Waals surface area contributed by atoms with E-state index in [9.17, 15) is 8.42 Å². The van der Waals surface area contributed by atoms with Gasteiger partial charge < -0.3 is 4.74 Å². The number of benzene rings is 1. The minimum Gasteiger partial charge on any atom is -0.496 e. The van der Waals surface area contributed by atoms with Crippen LogP contribution in [0, 0.1) is 12.8 Å². The number of ether oxygens (including phenoxy) is 1. The Morgan fingerprint density at radius 3 is 2.43 bits per heavy atom. The molecule has 2 rings (SSSR count). The Labute approximate surface area is 140 Å². The van der Waals surface area contributed by atoms with Crippen LogP contribution in [0.3, 0.4) is 0 Å². The van der Waals surface area contributed by atoms with Gasteiger partial charge in [0.15, 0.2) is 0 Å². The van der Waals surface area contributed by atoms with Gasteiger partial charge in [-0.1, -0.05) is 33.6 Å². The average Bonchev–Trinajstić information content (AvgIpc) is 2.48. The minimum atomic E-state index is -3.51. The number of hydrogen-bond acceptors (Lipinski definition) is 3. The molecule has 0 heterocycles. The number of nitrogens with one attached hydrogen (secondary N) is 1. The van der Waals surface area contributed by atoms with E-state index in [-0.39, 0.29) is 12.0 Å². The van der Waals surface area contributed by atoms with Crippen LogP contribution in [0.15, 0.2) is 17.0 Å². The van der Waals surface area contributed by atoms with Crippen LogP contribution in [-0.2, 0) is 10.0 Å². The fraction of sp³-hybridized carbons (Fsp3) is 0.667. The highest BCUT2D eigenvalue weighted by Crippen LogP contribution is 2.32. The van der Waals surface area contributed by atoms with E-state index in [1.165, 1.54) is 6.42 Å². The summed E-state index contributed by atoms with van der Waals surface area (Å²) in [4.78, 5) is 0.375. The predicted molar refractivity (Wildman–Crippen MR) is 93.6 cm³/mol. The highest BCUT2D eigenvalue weighted by atomic mass is 32.2. The largest absolute Gasteiger partial charge is 0.496 e. The summed E-state index contributed by atoms with van der Waals surface area (Å²) in [6, 6.07) is 3.64. The number of methoxy groups -OCH3 is 1. The fourth-order valence-corrected chi connectivity index (χ4v) is 4.99. The second kappa shape index (κ2) is 7.22. The SMILES string of the molecule is COc1cc(C)c(S(=O)(=O)NC2CCCCC2C)cc1C(C)C. The molecule has 0 saturated heterocycles. The van der Waals surface area contributed by atoms with Crippen LogP contribution in [0.4, 0.5) is 0 Å². The van der Waals surface area contributed by atoms with E-state index in [0.29, 0.717) is 10.8 Å². The van der Waals surface area contributed by atoms with Gasteiger partial charge in [0, 0.05) is 6.04 Å². The third-order valence-electron chi connectivity index (χ3n) is 4.86. The van der Waals surface area contributed by atoms with Crippen LogP contribution in [0.5, 0.6) is 5.75 Å². The lowest BCUT2D eigenvalue weighted by Crippen LogP contribution is -2.41. The van der Waals surface area contributed by atoms with E-state index in [2.05, 4.69) is 11.6 Å². The Kier molecular flexibility index (Phi) is 5.74. The molecule has 1 N–H and O–H groups in total. The molecular formula is C18H29NO3S. The highest BCUT2D eigenvalue weighted by Gasteiger charge is 2.28. The molecule has 1 aliphatic carbocycles.